The maximum atomic E-state index is 13.1. The Balaban J connectivity index is 1.26. The predicted molar refractivity (Wildman–Crippen MR) is 166 cm³/mol. The number of ether oxygens (including phenoxy) is 2. The van der Waals surface area contributed by atoms with Gasteiger partial charge in [0.05, 0.1) is 10.6 Å². The lowest BCUT2D eigenvalue weighted by molar-refractivity contribution is -0.136. The second kappa shape index (κ2) is 11.8. The van der Waals surface area contributed by atoms with Gasteiger partial charge in [0.15, 0.2) is 0 Å². The van der Waals surface area contributed by atoms with Gasteiger partial charge in [-0.1, -0.05) is 109 Å². The number of hydrogen-bond donors (Lipinski definition) is 1. The van der Waals surface area contributed by atoms with E-state index in [2.05, 4.69) is 5.32 Å². The monoisotopic (exact) mass is 594 g/mol. The number of aromatic nitrogens is 1. The minimum Gasteiger partial charge on any atom is -0.456 e. The van der Waals surface area contributed by atoms with Gasteiger partial charge >= 0.3 is 6.09 Å². The highest BCUT2D eigenvalue weighted by Crippen LogP contribution is 2.49. The molecule has 0 bridgehead atoms. The molecule has 6 rings (SSSR count). The molecular formula is C34H27ClN2O4S. The van der Waals surface area contributed by atoms with E-state index in [1.807, 2.05) is 97.1 Å². The largest absolute Gasteiger partial charge is 0.456 e. The van der Waals surface area contributed by atoms with Crippen molar-refractivity contribution >= 4 is 41.4 Å². The van der Waals surface area contributed by atoms with Gasteiger partial charge < -0.3 is 9.47 Å². The zero-order valence-electron chi connectivity index (χ0n) is 22.8. The number of rotatable bonds is 9. The average Bonchev–Trinajstić information content (AvgIpc) is 3.69. The SMILES string of the molecule is C[C@@H](OC(=O)Nc1c(-c2ccccc2)nsc1-c1ccc(-c2ccc(C3(OC=O)CC3)cc2)cc1)c1ccccc1Cl. The number of hydrogen-bond acceptors (Lipinski definition) is 6. The van der Waals surface area contributed by atoms with Crippen LogP contribution in [-0.4, -0.2) is 16.9 Å². The molecule has 0 unspecified atom stereocenters. The van der Waals surface area contributed by atoms with Gasteiger partial charge in [0.25, 0.3) is 6.47 Å². The van der Waals surface area contributed by atoms with Crippen LogP contribution in [0.4, 0.5) is 10.5 Å². The van der Waals surface area contributed by atoms with E-state index in [9.17, 15) is 9.59 Å². The van der Waals surface area contributed by atoms with Gasteiger partial charge in [0.1, 0.15) is 17.4 Å². The second-order valence-corrected chi connectivity index (χ2v) is 11.3. The molecule has 1 heterocycles. The van der Waals surface area contributed by atoms with Crippen molar-refractivity contribution in [1.29, 1.82) is 0 Å². The molecule has 0 spiro atoms. The number of anilines is 1. The van der Waals surface area contributed by atoms with Crippen molar-refractivity contribution in [2.24, 2.45) is 0 Å². The van der Waals surface area contributed by atoms with Crippen LogP contribution in [0.1, 0.15) is 37.0 Å². The van der Waals surface area contributed by atoms with Crippen LogP contribution in [0.15, 0.2) is 103 Å². The van der Waals surface area contributed by atoms with E-state index in [1.54, 1.807) is 13.0 Å². The summed E-state index contributed by atoms with van der Waals surface area (Å²) in [5.74, 6) is 0. The zero-order valence-corrected chi connectivity index (χ0v) is 24.3. The molecule has 1 fully saturated rings. The van der Waals surface area contributed by atoms with Crippen LogP contribution < -0.4 is 5.32 Å². The minimum absolute atomic E-state index is 0.456. The van der Waals surface area contributed by atoms with Crippen LogP contribution >= 0.6 is 23.1 Å². The Kier molecular flexibility index (Phi) is 7.78. The van der Waals surface area contributed by atoms with Crippen molar-refractivity contribution in [3.8, 4) is 32.8 Å². The van der Waals surface area contributed by atoms with E-state index in [4.69, 9.17) is 25.4 Å². The summed E-state index contributed by atoms with van der Waals surface area (Å²) in [6.07, 6.45) is 0.564. The van der Waals surface area contributed by atoms with Gasteiger partial charge in [0, 0.05) is 16.1 Å². The van der Waals surface area contributed by atoms with Crippen LogP contribution in [0.3, 0.4) is 0 Å². The Hall–Kier alpha value is -4.46. The topological polar surface area (TPSA) is 77.5 Å². The van der Waals surface area contributed by atoms with Gasteiger partial charge in [-0.25, -0.2) is 4.79 Å². The number of carbonyl (C=O) groups excluding carboxylic acids is 2. The third-order valence-corrected chi connectivity index (χ3v) is 8.70. The third-order valence-electron chi connectivity index (χ3n) is 7.46. The van der Waals surface area contributed by atoms with E-state index >= 15 is 0 Å². The van der Waals surface area contributed by atoms with E-state index in [-0.39, 0.29) is 0 Å². The molecule has 1 aliphatic rings. The first-order valence-electron chi connectivity index (χ1n) is 13.6. The van der Waals surface area contributed by atoms with Crippen molar-refractivity contribution in [2.45, 2.75) is 31.5 Å². The molecule has 1 amide bonds. The average molecular weight is 595 g/mol. The molecule has 5 aromatic rings. The molecule has 42 heavy (non-hydrogen) atoms. The fourth-order valence-electron chi connectivity index (χ4n) is 5.02. The Morgan fingerprint density at radius 1 is 0.881 bits per heavy atom. The van der Waals surface area contributed by atoms with Crippen molar-refractivity contribution in [3.05, 3.63) is 119 Å². The Labute approximate surface area is 253 Å². The molecule has 1 saturated carbocycles. The molecule has 0 radical (unpaired) electrons. The second-order valence-electron chi connectivity index (χ2n) is 10.2. The standard InChI is InChI=1S/C34H27ClN2O4S/c1-22(28-9-5-6-10-29(28)35)41-33(39)36-31-30(25-7-3-2-4-8-25)37-42-32(31)26-13-11-23(12-14-26)24-15-17-27(18-16-24)34(19-20-34)40-21-38/h2-18,21-22H,19-20H2,1H3,(H,36,39)/t22-/m1/s1. The molecule has 0 aliphatic heterocycles. The Morgan fingerprint density at radius 3 is 2.14 bits per heavy atom. The number of nitrogens with one attached hydrogen (secondary N) is 1. The van der Waals surface area contributed by atoms with E-state index in [1.165, 1.54) is 11.5 Å². The molecule has 1 N–H and O–H groups in total. The maximum Gasteiger partial charge on any atom is 0.412 e. The first kappa shape index (κ1) is 27.7. The Morgan fingerprint density at radius 2 is 1.50 bits per heavy atom. The summed E-state index contributed by atoms with van der Waals surface area (Å²) in [6, 6.07) is 33.3. The molecule has 1 aromatic heterocycles. The molecule has 4 aromatic carbocycles. The van der Waals surface area contributed by atoms with Gasteiger partial charge in [-0.05, 0) is 59.6 Å². The zero-order chi connectivity index (χ0) is 29.1. The van der Waals surface area contributed by atoms with Gasteiger partial charge in [-0.15, -0.1) is 0 Å². The summed E-state index contributed by atoms with van der Waals surface area (Å²) in [4.78, 5) is 24.8. The quantitative estimate of drug-likeness (QED) is 0.172. The maximum absolute atomic E-state index is 13.1. The van der Waals surface area contributed by atoms with Gasteiger partial charge in [-0.3, -0.25) is 10.1 Å². The fraction of sp³-hybridized carbons (Fsp3) is 0.147. The molecule has 1 atom stereocenters. The van der Waals surface area contributed by atoms with Crippen molar-refractivity contribution in [1.82, 2.24) is 4.37 Å². The number of nitrogens with zero attached hydrogens (tertiary/aromatic N) is 1. The summed E-state index contributed by atoms with van der Waals surface area (Å²) >= 11 is 7.64. The first-order chi connectivity index (χ1) is 20.5. The summed E-state index contributed by atoms with van der Waals surface area (Å²) in [5, 5.41) is 3.50. The summed E-state index contributed by atoms with van der Waals surface area (Å²) in [6.45, 7) is 2.32. The number of carbonyl (C=O) groups is 2. The van der Waals surface area contributed by atoms with Crippen molar-refractivity contribution in [2.75, 3.05) is 5.32 Å². The predicted octanol–water partition coefficient (Wildman–Crippen LogP) is 9.27. The fourth-order valence-corrected chi connectivity index (χ4v) is 6.17. The number of halogens is 1. The van der Waals surface area contributed by atoms with Crippen LogP contribution in [-0.2, 0) is 19.9 Å². The third kappa shape index (κ3) is 5.66. The van der Waals surface area contributed by atoms with Crippen LogP contribution in [0.2, 0.25) is 5.02 Å². The van der Waals surface area contributed by atoms with Crippen molar-refractivity contribution in [3.63, 3.8) is 0 Å². The van der Waals surface area contributed by atoms with E-state index in [0.717, 1.165) is 51.1 Å². The number of benzene rings is 4. The summed E-state index contributed by atoms with van der Waals surface area (Å²) in [5.41, 5.74) is 6.45. The highest BCUT2D eigenvalue weighted by atomic mass is 35.5. The molecule has 0 saturated heterocycles. The van der Waals surface area contributed by atoms with Crippen molar-refractivity contribution < 1.29 is 19.1 Å². The molecular weight excluding hydrogens is 568 g/mol. The molecule has 8 heteroatoms. The molecule has 6 nitrogen and oxygen atoms in total. The van der Waals surface area contributed by atoms with E-state index < -0.39 is 17.8 Å². The van der Waals surface area contributed by atoms with Crippen LogP contribution in [0.25, 0.3) is 32.8 Å². The summed E-state index contributed by atoms with van der Waals surface area (Å²) < 4.78 is 15.8. The van der Waals surface area contributed by atoms with Gasteiger partial charge in [-0.2, -0.15) is 4.37 Å². The lowest BCUT2D eigenvalue weighted by Gasteiger charge is -2.16. The molecule has 1 aliphatic carbocycles. The smallest absolute Gasteiger partial charge is 0.412 e. The lowest BCUT2D eigenvalue weighted by Crippen LogP contribution is -2.16. The Bertz CT molecular complexity index is 1720. The lowest BCUT2D eigenvalue weighted by atomic mass is 9.99. The van der Waals surface area contributed by atoms with Crippen LogP contribution in [0, 0.1) is 0 Å². The number of amides is 1. The first-order valence-corrected chi connectivity index (χ1v) is 14.7. The van der Waals surface area contributed by atoms with Gasteiger partial charge in [0.2, 0.25) is 0 Å². The van der Waals surface area contributed by atoms with Crippen LogP contribution in [0.5, 0.6) is 0 Å². The minimum atomic E-state index is -0.593. The normalized spacial score (nSPS) is 14.0. The highest BCUT2D eigenvalue weighted by molar-refractivity contribution is 7.10. The highest BCUT2D eigenvalue weighted by Gasteiger charge is 2.46. The molecule has 210 valence electrons. The van der Waals surface area contributed by atoms with E-state index in [0.29, 0.717) is 22.9 Å². The summed E-state index contributed by atoms with van der Waals surface area (Å²) in [7, 11) is 0.